The molecule has 2 unspecified atom stereocenters. The highest BCUT2D eigenvalue weighted by molar-refractivity contribution is 5.91. The average Bonchev–Trinajstić information content (AvgIpc) is 2.19. The van der Waals surface area contributed by atoms with Crippen LogP contribution in [0.4, 0.5) is 0 Å². The van der Waals surface area contributed by atoms with E-state index >= 15 is 0 Å². The molecule has 0 aromatic rings. The minimum absolute atomic E-state index is 0.251. The van der Waals surface area contributed by atoms with Gasteiger partial charge in [0.2, 0.25) is 0 Å². The lowest BCUT2D eigenvalue weighted by Gasteiger charge is -2.21. The van der Waals surface area contributed by atoms with Crippen molar-refractivity contribution in [2.75, 3.05) is 0 Å². The minimum Gasteiger partial charge on any atom is -0.295 e. The molecule has 0 N–H and O–H groups in total. The summed E-state index contributed by atoms with van der Waals surface area (Å²) in [5, 5.41) is 0. The van der Waals surface area contributed by atoms with Gasteiger partial charge in [0.25, 0.3) is 0 Å². The van der Waals surface area contributed by atoms with E-state index in [4.69, 9.17) is 0 Å². The zero-order valence-electron chi connectivity index (χ0n) is 10.8. The van der Waals surface area contributed by atoms with Crippen LogP contribution in [0.15, 0.2) is 12.2 Å². The molecule has 0 aliphatic heterocycles. The van der Waals surface area contributed by atoms with E-state index in [2.05, 4.69) is 20.8 Å². The summed E-state index contributed by atoms with van der Waals surface area (Å²) in [7, 11) is 0. The van der Waals surface area contributed by atoms with Crippen LogP contribution in [-0.2, 0) is 4.79 Å². The number of carbonyl (C=O) groups is 1. The second kappa shape index (κ2) is 8.70. The van der Waals surface area contributed by atoms with Gasteiger partial charge >= 0.3 is 0 Å². The lowest BCUT2D eigenvalue weighted by atomic mass is 9.83. The number of hydrogen-bond donors (Lipinski definition) is 0. The van der Waals surface area contributed by atoms with E-state index in [-0.39, 0.29) is 5.92 Å². The third-order valence-corrected chi connectivity index (χ3v) is 3.00. The van der Waals surface area contributed by atoms with E-state index < -0.39 is 0 Å². The SMILES string of the molecule is CC=CC(=O)C(CCCC)C(C)CCC. The molecule has 0 aliphatic rings. The van der Waals surface area contributed by atoms with Gasteiger partial charge in [-0.3, -0.25) is 4.79 Å². The summed E-state index contributed by atoms with van der Waals surface area (Å²) in [6, 6.07) is 0. The lowest BCUT2D eigenvalue weighted by Crippen LogP contribution is -2.20. The van der Waals surface area contributed by atoms with Gasteiger partial charge < -0.3 is 0 Å². The van der Waals surface area contributed by atoms with Crippen molar-refractivity contribution in [1.29, 1.82) is 0 Å². The highest BCUT2D eigenvalue weighted by atomic mass is 16.1. The first-order valence-electron chi connectivity index (χ1n) is 6.33. The molecule has 0 aromatic heterocycles. The van der Waals surface area contributed by atoms with E-state index in [0.29, 0.717) is 11.7 Å². The van der Waals surface area contributed by atoms with Crippen LogP contribution < -0.4 is 0 Å². The topological polar surface area (TPSA) is 17.1 Å². The highest BCUT2D eigenvalue weighted by Crippen LogP contribution is 2.24. The molecule has 88 valence electrons. The molecule has 1 heteroatoms. The third-order valence-electron chi connectivity index (χ3n) is 3.00. The Balaban J connectivity index is 4.34. The summed E-state index contributed by atoms with van der Waals surface area (Å²) in [5.74, 6) is 1.11. The van der Waals surface area contributed by atoms with Gasteiger partial charge in [-0.15, -0.1) is 0 Å². The second-order valence-electron chi connectivity index (χ2n) is 4.42. The van der Waals surface area contributed by atoms with Gasteiger partial charge in [0.05, 0.1) is 0 Å². The summed E-state index contributed by atoms with van der Waals surface area (Å²) < 4.78 is 0. The van der Waals surface area contributed by atoms with E-state index in [9.17, 15) is 4.79 Å². The molecule has 0 amide bonds. The van der Waals surface area contributed by atoms with E-state index in [1.54, 1.807) is 6.08 Å². The zero-order chi connectivity index (χ0) is 11.7. The monoisotopic (exact) mass is 210 g/mol. The Morgan fingerprint density at radius 1 is 1.20 bits per heavy atom. The Hall–Kier alpha value is -0.590. The first kappa shape index (κ1) is 14.4. The summed E-state index contributed by atoms with van der Waals surface area (Å²) in [6.07, 6.45) is 9.35. The maximum absolute atomic E-state index is 11.9. The van der Waals surface area contributed by atoms with E-state index in [0.717, 1.165) is 12.8 Å². The van der Waals surface area contributed by atoms with Gasteiger partial charge in [0, 0.05) is 5.92 Å². The first-order chi connectivity index (χ1) is 7.17. The number of rotatable bonds is 8. The van der Waals surface area contributed by atoms with Crippen LogP contribution in [0.1, 0.15) is 59.8 Å². The van der Waals surface area contributed by atoms with Crippen LogP contribution in [0.3, 0.4) is 0 Å². The lowest BCUT2D eigenvalue weighted by molar-refractivity contribution is -0.120. The van der Waals surface area contributed by atoms with Crippen molar-refractivity contribution >= 4 is 5.78 Å². The molecule has 0 heterocycles. The summed E-state index contributed by atoms with van der Waals surface area (Å²) in [5.41, 5.74) is 0. The number of hydrogen-bond acceptors (Lipinski definition) is 1. The minimum atomic E-state index is 0.251. The maximum Gasteiger partial charge on any atom is 0.158 e. The smallest absolute Gasteiger partial charge is 0.158 e. The summed E-state index contributed by atoms with van der Waals surface area (Å²) >= 11 is 0. The molecule has 0 saturated heterocycles. The molecular weight excluding hydrogens is 184 g/mol. The van der Waals surface area contributed by atoms with E-state index in [1.165, 1.54) is 19.3 Å². The Labute approximate surface area is 95.0 Å². The van der Waals surface area contributed by atoms with Gasteiger partial charge in [-0.1, -0.05) is 52.5 Å². The van der Waals surface area contributed by atoms with Crippen molar-refractivity contribution in [3.8, 4) is 0 Å². The van der Waals surface area contributed by atoms with Gasteiger partial charge in [-0.25, -0.2) is 0 Å². The van der Waals surface area contributed by atoms with Crippen LogP contribution in [0.5, 0.6) is 0 Å². The molecule has 0 aromatic carbocycles. The molecule has 0 radical (unpaired) electrons. The van der Waals surface area contributed by atoms with Gasteiger partial charge in [-0.05, 0) is 25.3 Å². The molecular formula is C14H26O. The molecule has 0 fully saturated rings. The van der Waals surface area contributed by atoms with E-state index in [1.807, 2.05) is 13.0 Å². The number of ketones is 1. The maximum atomic E-state index is 11.9. The molecule has 15 heavy (non-hydrogen) atoms. The number of allylic oxidation sites excluding steroid dienone is 2. The Kier molecular flexibility index (Phi) is 8.35. The van der Waals surface area contributed by atoms with Crippen molar-refractivity contribution in [2.24, 2.45) is 11.8 Å². The molecule has 2 atom stereocenters. The zero-order valence-corrected chi connectivity index (χ0v) is 10.8. The average molecular weight is 210 g/mol. The largest absolute Gasteiger partial charge is 0.295 e. The summed E-state index contributed by atoms with van der Waals surface area (Å²) in [4.78, 5) is 11.9. The van der Waals surface area contributed by atoms with Gasteiger partial charge in [0.15, 0.2) is 5.78 Å². The third kappa shape index (κ3) is 5.76. The Bertz CT molecular complexity index is 194. The second-order valence-corrected chi connectivity index (χ2v) is 4.42. The predicted octanol–water partition coefficient (Wildman–Crippen LogP) is 4.37. The van der Waals surface area contributed by atoms with Crippen molar-refractivity contribution in [3.63, 3.8) is 0 Å². The Morgan fingerprint density at radius 2 is 1.87 bits per heavy atom. The molecule has 0 bridgehead atoms. The quantitative estimate of drug-likeness (QED) is 0.543. The molecule has 0 saturated carbocycles. The highest BCUT2D eigenvalue weighted by Gasteiger charge is 2.21. The fraction of sp³-hybridized carbons (Fsp3) is 0.786. The van der Waals surface area contributed by atoms with Crippen LogP contribution in [-0.4, -0.2) is 5.78 Å². The number of unbranched alkanes of at least 4 members (excludes halogenated alkanes) is 1. The van der Waals surface area contributed by atoms with Crippen molar-refractivity contribution in [2.45, 2.75) is 59.8 Å². The molecule has 0 aliphatic carbocycles. The van der Waals surface area contributed by atoms with Crippen molar-refractivity contribution in [1.82, 2.24) is 0 Å². The number of carbonyl (C=O) groups excluding carboxylic acids is 1. The summed E-state index contributed by atoms with van der Waals surface area (Å²) in [6.45, 7) is 8.50. The fourth-order valence-corrected chi connectivity index (χ4v) is 2.08. The van der Waals surface area contributed by atoms with Gasteiger partial charge in [-0.2, -0.15) is 0 Å². The molecule has 0 spiro atoms. The van der Waals surface area contributed by atoms with Crippen molar-refractivity contribution in [3.05, 3.63) is 12.2 Å². The van der Waals surface area contributed by atoms with Crippen LogP contribution in [0.25, 0.3) is 0 Å². The van der Waals surface area contributed by atoms with Crippen LogP contribution in [0, 0.1) is 11.8 Å². The normalized spacial score (nSPS) is 15.5. The standard InChI is InChI=1S/C14H26O/c1-5-8-11-13(12(4)9-6-2)14(15)10-7-3/h7,10,12-13H,5-6,8-9,11H2,1-4H3. The Morgan fingerprint density at radius 3 is 2.33 bits per heavy atom. The molecule has 1 nitrogen and oxygen atoms in total. The first-order valence-corrected chi connectivity index (χ1v) is 6.33. The fourth-order valence-electron chi connectivity index (χ4n) is 2.08. The van der Waals surface area contributed by atoms with Crippen LogP contribution >= 0.6 is 0 Å². The van der Waals surface area contributed by atoms with Gasteiger partial charge in [0.1, 0.15) is 0 Å². The predicted molar refractivity (Wildman–Crippen MR) is 66.9 cm³/mol. The molecule has 0 rings (SSSR count). The van der Waals surface area contributed by atoms with Crippen LogP contribution in [0.2, 0.25) is 0 Å². The van der Waals surface area contributed by atoms with Crippen molar-refractivity contribution < 1.29 is 4.79 Å².